The number of anilines is 2. The fourth-order valence-corrected chi connectivity index (χ4v) is 3.97. The van der Waals surface area contributed by atoms with Gasteiger partial charge in [-0.15, -0.1) is 11.3 Å². The van der Waals surface area contributed by atoms with E-state index in [4.69, 9.17) is 28.6 Å². The molecular weight excluding hydrogens is 434 g/mol. The van der Waals surface area contributed by atoms with Crippen LogP contribution in [0, 0.1) is 10.1 Å². The first kappa shape index (κ1) is 20.7. The Bertz CT molecular complexity index is 1090. The van der Waals surface area contributed by atoms with Gasteiger partial charge in [-0.1, -0.05) is 41.9 Å². The molecule has 0 aliphatic heterocycles. The maximum absolute atomic E-state index is 12.2. The predicted octanol–water partition coefficient (Wildman–Crippen LogP) is 5.57. The van der Waals surface area contributed by atoms with E-state index in [1.807, 2.05) is 30.3 Å². The number of thiophene rings is 1. The van der Waals surface area contributed by atoms with Gasteiger partial charge in [0.25, 0.3) is 5.69 Å². The Kier molecular flexibility index (Phi) is 6.42. The monoisotopic (exact) mass is 447 g/mol. The van der Waals surface area contributed by atoms with Gasteiger partial charge < -0.3 is 15.4 Å². The van der Waals surface area contributed by atoms with E-state index in [1.54, 1.807) is 6.07 Å². The molecule has 7 nitrogen and oxygen atoms in total. The highest BCUT2D eigenvalue weighted by atomic mass is 35.5. The van der Waals surface area contributed by atoms with Crippen LogP contribution in [0.5, 0.6) is 0 Å². The van der Waals surface area contributed by atoms with Crippen LogP contribution in [-0.2, 0) is 4.74 Å². The molecule has 2 aromatic carbocycles. The summed E-state index contributed by atoms with van der Waals surface area (Å²) in [5, 5.41) is 17.6. The minimum atomic E-state index is -0.529. The van der Waals surface area contributed by atoms with Crippen LogP contribution >= 0.6 is 35.2 Å². The van der Waals surface area contributed by atoms with E-state index in [-0.39, 0.29) is 21.5 Å². The van der Waals surface area contributed by atoms with E-state index in [0.717, 1.165) is 10.4 Å². The van der Waals surface area contributed by atoms with E-state index in [9.17, 15) is 14.9 Å². The average Bonchev–Trinajstić information content (AvgIpc) is 3.13. The quantitative estimate of drug-likeness (QED) is 0.228. The Balaban J connectivity index is 1.86. The van der Waals surface area contributed by atoms with Crippen LogP contribution in [0.1, 0.15) is 10.4 Å². The molecule has 29 heavy (non-hydrogen) atoms. The van der Waals surface area contributed by atoms with Gasteiger partial charge in [0.1, 0.15) is 5.00 Å². The summed E-state index contributed by atoms with van der Waals surface area (Å²) >= 11 is 12.7. The maximum atomic E-state index is 12.2. The van der Waals surface area contributed by atoms with Gasteiger partial charge in [-0.05, 0) is 29.9 Å². The van der Waals surface area contributed by atoms with Crippen LogP contribution in [0.15, 0.2) is 54.6 Å². The summed E-state index contributed by atoms with van der Waals surface area (Å²) in [6, 6.07) is 15.3. The van der Waals surface area contributed by atoms with Gasteiger partial charge in [0.2, 0.25) is 0 Å². The number of halogens is 1. The number of nitrogens with one attached hydrogen (secondary N) is 2. The molecule has 0 fully saturated rings. The lowest BCUT2D eigenvalue weighted by molar-refractivity contribution is -0.384. The van der Waals surface area contributed by atoms with Crippen molar-refractivity contribution < 1.29 is 14.5 Å². The topological polar surface area (TPSA) is 93.5 Å². The van der Waals surface area contributed by atoms with Crippen molar-refractivity contribution in [2.45, 2.75) is 0 Å². The number of nitro groups is 1. The summed E-state index contributed by atoms with van der Waals surface area (Å²) in [6.07, 6.45) is 0. The first-order valence-electron chi connectivity index (χ1n) is 8.18. The number of esters is 1. The van der Waals surface area contributed by atoms with Crippen LogP contribution in [0.4, 0.5) is 16.4 Å². The average molecular weight is 448 g/mol. The molecule has 0 saturated carbocycles. The molecule has 0 aliphatic rings. The van der Waals surface area contributed by atoms with Gasteiger partial charge in [0, 0.05) is 17.0 Å². The van der Waals surface area contributed by atoms with Gasteiger partial charge in [0.15, 0.2) is 5.11 Å². The molecule has 0 aliphatic carbocycles. The number of hydrogen-bond donors (Lipinski definition) is 2. The third-order valence-corrected chi connectivity index (χ3v) is 5.46. The Hall–Kier alpha value is -3.01. The molecule has 1 heterocycles. The van der Waals surface area contributed by atoms with Crippen LogP contribution in [0.2, 0.25) is 5.02 Å². The SMILES string of the molecule is COC(=O)c1cc(-c2ccccc2)sc1NC(=S)Nc1cc([N+](=O)[O-])ccc1Cl. The molecule has 3 aromatic rings. The number of benzene rings is 2. The molecule has 148 valence electrons. The van der Waals surface area contributed by atoms with E-state index >= 15 is 0 Å². The molecule has 10 heteroatoms. The van der Waals surface area contributed by atoms with Crippen molar-refractivity contribution in [3.63, 3.8) is 0 Å². The minimum Gasteiger partial charge on any atom is -0.465 e. The lowest BCUT2D eigenvalue weighted by Gasteiger charge is -2.11. The Morgan fingerprint density at radius 1 is 1.17 bits per heavy atom. The van der Waals surface area contributed by atoms with Crippen molar-refractivity contribution in [2.75, 3.05) is 17.7 Å². The number of non-ortho nitro benzene ring substituents is 1. The number of nitro benzene ring substituents is 1. The van der Waals surface area contributed by atoms with Crippen LogP contribution in [-0.4, -0.2) is 23.1 Å². The highest BCUT2D eigenvalue weighted by molar-refractivity contribution is 7.80. The molecule has 0 unspecified atom stereocenters. The number of rotatable bonds is 5. The fraction of sp³-hybridized carbons (Fsp3) is 0.0526. The molecular formula is C19H14ClN3O4S2. The largest absolute Gasteiger partial charge is 0.465 e. The smallest absolute Gasteiger partial charge is 0.340 e. The fourth-order valence-electron chi connectivity index (χ4n) is 2.47. The Labute approximate surface area is 180 Å². The molecule has 1 aromatic heterocycles. The predicted molar refractivity (Wildman–Crippen MR) is 119 cm³/mol. The Morgan fingerprint density at radius 2 is 1.90 bits per heavy atom. The Morgan fingerprint density at radius 3 is 2.55 bits per heavy atom. The first-order valence-corrected chi connectivity index (χ1v) is 9.79. The lowest BCUT2D eigenvalue weighted by Crippen LogP contribution is -2.20. The van der Waals surface area contributed by atoms with Crippen molar-refractivity contribution in [3.05, 3.63) is 75.3 Å². The molecule has 0 atom stereocenters. The van der Waals surface area contributed by atoms with Crippen LogP contribution in [0.3, 0.4) is 0 Å². The minimum absolute atomic E-state index is 0.124. The second-order valence-electron chi connectivity index (χ2n) is 5.71. The molecule has 0 spiro atoms. The summed E-state index contributed by atoms with van der Waals surface area (Å²) in [4.78, 5) is 23.5. The summed E-state index contributed by atoms with van der Waals surface area (Å²) in [5.41, 5.74) is 1.41. The van der Waals surface area contributed by atoms with Gasteiger partial charge >= 0.3 is 5.97 Å². The number of thiocarbonyl (C=S) groups is 1. The second-order valence-corrected chi connectivity index (χ2v) is 7.58. The highest BCUT2D eigenvalue weighted by Gasteiger charge is 2.19. The molecule has 0 saturated heterocycles. The number of carbonyl (C=O) groups is 1. The van der Waals surface area contributed by atoms with Crippen molar-refractivity contribution in [1.29, 1.82) is 0 Å². The molecule has 0 radical (unpaired) electrons. The third kappa shape index (κ3) is 4.89. The van der Waals surface area contributed by atoms with E-state index < -0.39 is 10.9 Å². The van der Waals surface area contributed by atoms with Gasteiger partial charge in [-0.2, -0.15) is 0 Å². The summed E-state index contributed by atoms with van der Waals surface area (Å²) in [6.45, 7) is 0. The van der Waals surface area contributed by atoms with Crippen molar-refractivity contribution >= 4 is 62.6 Å². The zero-order chi connectivity index (χ0) is 21.0. The summed E-state index contributed by atoms with van der Waals surface area (Å²) in [5.74, 6) is -0.512. The van der Waals surface area contributed by atoms with Crippen molar-refractivity contribution in [1.82, 2.24) is 0 Å². The molecule has 0 bridgehead atoms. The van der Waals surface area contributed by atoms with E-state index in [1.165, 1.54) is 36.6 Å². The summed E-state index contributed by atoms with van der Waals surface area (Å²) < 4.78 is 4.86. The number of carbonyl (C=O) groups excluding carboxylic acids is 1. The zero-order valence-electron chi connectivity index (χ0n) is 15.0. The third-order valence-electron chi connectivity index (χ3n) is 3.83. The molecule has 0 amide bonds. The number of ether oxygens (including phenoxy) is 1. The van der Waals surface area contributed by atoms with Gasteiger partial charge in [-0.3, -0.25) is 10.1 Å². The highest BCUT2D eigenvalue weighted by Crippen LogP contribution is 2.36. The zero-order valence-corrected chi connectivity index (χ0v) is 17.4. The van der Waals surface area contributed by atoms with Crippen LogP contribution in [0.25, 0.3) is 10.4 Å². The maximum Gasteiger partial charge on any atom is 0.340 e. The van der Waals surface area contributed by atoms with Crippen molar-refractivity contribution in [3.8, 4) is 10.4 Å². The number of methoxy groups -OCH3 is 1. The molecule has 3 rings (SSSR count). The van der Waals surface area contributed by atoms with Crippen LogP contribution < -0.4 is 10.6 Å². The normalized spacial score (nSPS) is 10.3. The lowest BCUT2D eigenvalue weighted by atomic mass is 10.1. The van der Waals surface area contributed by atoms with E-state index in [0.29, 0.717) is 10.6 Å². The van der Waals surface area contributed by atoms with Crippen molar-refractivity contribution in [2.24, 2.45) is 0 Å². The molecule has 2 N–H and O–H groups in total. The number of hydrogen-bond acceptors (Lipinski definition) is 6. The van der Waals surface area contributed by atoms with Gasteiger partial charge in [-0.25, -0.2) is 4.79 Å². The van der Waals surface area contributed by atoms with E-state index in [2.05, 4.69) is 10.6 Å². The number of nitrogens with zero attached hydrogens (tertiary/aromatic N) is 1. The second kappa shape index (κ2) is 8.99. The summed E-state index contributed by atoms with van der Waals surface area (Å²) in [7, 11) is 1.30. The first-order chi connectivity index (χ1) is 13.9. The standard InChI is InChI=1S/C19H14ClN3O4S2/c1-27-18(24)13-10-16(11-5-3-2-4-6-11)29-17(13)22-19(28)21-15-9-12(23(25)26)7-8-14(15)20/h2-10H,1H3,(H2,21,22,28). The van der Waals surface area contributed by atoms with Gasteiger partial charge in [0.05, 0.1) is 28.3 Å².